The maximum Gasteiger partial charge on any atom is 0.408 e. The largest absolute Gasteiger partial charge is 0.465 e. The monoisotopic (exact) mass is 664 g/mol. The van der Waals surface area contributed by atoms with Gasteiger partial charge in [0.1, 0.15) is 11.6 Å². The van der Waals surface area contributed by atoms with Crippen LogP contribution in [0.3, 0.4) is 0 Å². The van der Waals surface area contributed by atoms with Gasteiger partial charge in [-0.25, -0.2) is 18.2 Å². The Hall–Kier alpha value is -3.63. The first-order valence-electron chi connectivity index (χ1n) is 16.5. The predicted molar refractivity (Wildman–Crippen MR) is 189 cm³/mol. The number of benzene rings is 2. The van der Waals surface area contributed by atoms with Crippen LogP contribution in [-0.4, -0.2) is 66.0 Å². The summed E-state index contributed by atoms with van der Waals surface area (Å²) in [6, 6.07) is 24.0. The Kier molecular flexibility index (Phi) is 11.6. The summed E-state index contributed by atoms with van der Waals surface area (Å²) in [4.78, 5) is 19.0. The highest BCUT2D eigenvalue weighted by molar-refractivity contribution is 7.92. The average molecular weight is 665 g/mol. The minimum absolute atomic E-state index is 0.131. The standard InChI is InChI=1S/C37H52N4O5S/c1-8-19-40(47(7,44)45)34-23-30(22-33(39-34)38-32(31-20-27(31)2)21-28-15-11-9-12-16-28)25-46-26-37(6,24-29-17-13-10-14-18-29)41(35(42)43)36(3,4)5/h9-18,22-23,27,31-32H,8,19-21,24-26H2,1-7H3,(H,38,39)(H,42,43). The van der Waals surface area contributed by atoms with Crippen LogP contribution in [0.25, 0.3) is 0 Å². The van der Waals surface area contributed by atoms with Crippen LogP contribution in [0.1, 0.15) is 71.1 Å². The predicted octanol–water partition coefficient (Wildman–Crippen LogP) is 7.23. The van der Waals surface area contributed by atoms with Crippen LogP contribution in [0.4, 0.5) is 16.4 Å². The Bertz CT molecular complexity index is 1580. The maximum absolute atomic E-state index is 12.9. The molecular formula is C37H52N4O5S. The first-order chi connectivity index (χ1) is 22.1. The van der Waals surface area contributed by atoms with Crippen LogP contribution in [0.15, 0.2) is 72.8 Å². The first-order valence-corrected chi connectivity index (χ1v) is 18.4. The van der Waals surface area contributed by atoms with E-state index in [9.17, 15) is 18.3 Å². The van der Waals surface area contributed by atoms with Gasteiger partial charge in [-0.3, -0.25) is 9.21 Å². The van der Waals surface area contributed by atoms with Gasteiger partial charge >= 0.3 is 6.09 Å². The highest BCUT2D eigenvalue weighted by Crippen LogP contribution is 2.42. The van der Waals surface area contributed by atoms with Crippen LogP contribution in [-0.2, 0) is 34.2 Å². The van der Waals surface area contributed by atoms with Gasteiger partial charge < -0.3 is 15.2 Å². The summed E-state index contributed by atoms with van der Waals surface area (Å²) in [6.45, 7) is 12.4. The summed E-state index contributed by atoms with van der Waals surface area (Å²) in [5.41, 5.74) is 1.43. The third kappa shape index (κ3) is 9.93. The molecule has 1 heterocycles. The number of hydrogen-bond acceptors (Lipinski definition) is 6. The zero-order chi connectivity index (χ0) is 34.4. The number of rotatable bonds is 16. The molecule has 4 atom stereocenters. The SMILES string of the molecule is CCCN(c1cc(COCC(C)(Cc2ccccc2)N(C(=O)O)C(C)(C)C)cc(NC(Cc2ccccc2)C2CC2C)n1)S(C)(=O)=O. The molecule has 0 saturated heterocycles. The Balaban J connectivity index is 1.65. The van der Waals surface area contributed by atoms with Crippen molar-refractivity contribution in [3.05, 3.63) is 89.5 Å². The van der Waals surface area contributed by atoms with Gasteiger partial charge in [0.05, 0.1) is 25.0 Å². The number of carbonyl (C=O) groups is 1. The van der Waals surface area contributed by atoms with E-state index in [0.29, 0.717) is 42.9 Å². The zero-order valence-electron chi connectivity index (χ0n) is 28.9. The van der Waals surface area contributed by atoms with Gasteiger partial charge in [-0.15, -0.1) is 0 Å². The number of carboxylic acid groups (broad SMARTS) is 1. The molecule has 0 bridgehead atoms. The lowest BCUT2D eigenvalue weighted by Crippen LogP contribution is -2.61. The Morgan fingerprint density at radius 2 is 1.62 bits per heavy atom. The molecule has 0 radical (unpaired) electrons. The number of nitrogens with one attached hydrogen (secondary N) is 1. The fourth-order valence-corrected chi connectivity index (χ4v) is 7.68. The number of aromatic nitrogens is 1. The molecule has 2 N–H and O–H groups in total. The van der Waals surface area contributed by atoms with Gasteiger partial charge in [-0.1, -0.05) is 74.5 Å². The lowest BCUT2D eigenvalue weighted by molar-refractivity contribution is -0.0343. The quantitative estimate of drug-likeness (QED) is 0.166. The van der Waals surface area contributed by atoms with E-state index in [-0.39, 0.29) is 19.3 Å². The molecule has 1 amide bonds. The van der Waals surface area contributed by atoms with E-state index < -0.39 is 27.2 Å². The average Bonchev–Trinajstić information content (AvgIpc) is 3.71. The van der Waals surface area contributed by atoms with Gasteiger partial charge in [0.2, 0.25) is 10.0 Å². The Morgan fingerprint density at radius 1 is 1.02 bits per heavy atom. The molecule has 1 aromatic heterocycles. The number of pyridine rings is 1. The van der Waals surface area contributed by atoms with E-state index in [1.54, 1.807) is 6.07 Å². The van der Waals surface area contributed by atoms with Crippen LogP contribution in [0.2, 0.25) is 0 Å². The van der Waals surface area contributed by atoms with Crippen molar-refractivity contribution in [1.29, 1.82) is 0 Å². The lowest BCUT2D eigenvalue weighted by atomic mass is 9.87. The van der Waals surface area contributed by atoms with Crippen molar-refractivity contribution >= 4 is 27.8 Å². The van der Waals surface area contributed by atoms with Crippen LogP contribution in [0, 0.1) is 11.8 Å². The van der Waals surface area contributed by atoms with E-state index in [4.69, 9.17) is 9.72 Å². The second kappa shape index (κ2) is 15.1. The van der Waals surface area contributed by atoms with E-state index >= 15 is 0 Å². The Labute approximate surface area is 281 Å². The fourth-order valence-electron chi connectivity index (χ4n) is 6.74. The molecule has 47 heavy (non-hydrogen) atoms. The van der Waals surface area contributed by atoms with Gasteiger partial charge in [0.15, 0.2) is 0 Å². The van der Waals surface area contributed by atoms with Gasteiger partial charge in [-0.05, 0) is 94.0 Å². The molecule has 1 aliphatic carbocycles. The summed E-state index contributed by atoms with van der Waals surface area (Å²) in [6.07, 6.45) is 3.23. The smallest absolute Gasteiger partial charge is 0.408 e. The van der Waals surface area contributed by atoms with Crippen molar-refractivity contribution in [3.63, 3.8) is 0 Å². The molecule has 2 aromatic carbocycles. The normalized spacial score (nSPS) is 18.2. The number of nitrogens with zero attached hydrogens (tertiary/aromatic N) is 3. The number of anilines is 2. The summed E-state index contributed by atoms with van der Waals surface area (Å²) in [7, 11) is -3.59. The summed E-state index contributed by atoms with van der Waals surface area (Å²) >= 11 is 0. The van der Waals surface area contributed by atoms with Crippen molar-refractivity contribution in [2.45, 2.75) is 91.0 Å². The van der Waals surface area contributed by atoms with Crippen molar-refractivity contribution in [2.24, 2.45) is 11.8 Å². The molecule has 3 aromatic rings. The number of amides is 1. The topological polar surface area (TPSA) is 112 Å². The molecule has 4 unspecified atom stereocenters. The zero-order valence-corrected chi connectivity index (χ0v) is 29.8. The Morgan fingerprint density at radius 3 is 2.13 bits per heavy atom. The van der Waals surface area contributed by atoms with E-state index in [2.05, 4.69) is 24.4 Å². The molecule has 0 aliphatic heterocycles. The van der Waals surface area contributed by atoms with Crippen molar-refractivity contribution < 1.29 is 23.1 Å². The van der Waals surface area contributed by atoms with E-state index in [0.717, 1.165) is 24.0 Å². The first kappa shape index (κ1) is 36.2. The molecule has 10 heteroatoms. The van der Waals surface area contributed by atoms with Crippen molar-refractivity contribution in [3.8, 4) is 0 Å². The van der Waals surface area contributed by atoms with E-state index in [1.807, 2.05) is 89.2 Å². The van der Waals surface area contributed by atoms with E-state index in [1.165, 1.54) is 21.0 Å². The van der Waals surface area contributed by atoms with Crippen molar-refractivity contribution in [1.82, 2.24) is 9.88 Å². The molecule has 9 nitrogen and oxygen atoms in total. The van der Waals surface area contributed by atoms with Crippen molar-refractivity contribution in [2.75, 3.05) is 29.0 Å². The van der Waals surface area contributed by atoms with Gasteiger partial charge in [-0.2, -0.15) is 0 Å². The van der Waals surface area contributed by atoms with Crippen LogP contribution in [0.5, 0.6) is 0 Å². The second-order valence-corrected chi connectivity index (χ2v) is 16.2. The summed E-state index contributed by atoms with van der Waals surface area (Å²) in [5.74, 6) is 2.02. The fraction of sp³-hybridized carbons (Fsp3) is 0.514. The molecule has 1 fully saturated rings. The molecule has 0 spiro atoms. The minimum atomic E-state index is -3.59. The summed E-state index contributed by atoms with van der Waals surface area (Å²) < 4.78 is 33.5. The number of ether oxygens (including phenoxy) is 1. The third-order valence-electron chi connectivity index (χ3n) is 8.79. The molecule has 1 aliphatic rings. The molecule has 1 saturated carbocycles. The highest BCUT2D eigenvalue weighted by atomic mass is 32.2. The van der Waals surface area contributed by atoms with Gasteiger partial charge in [0, 0.05) is 18.1 Å². The molecular weight excluding hydrogens is 612 g/mol. The van der Waals surface area contributed by atoms with Crippen LogP contribution >= 0.6 is 0 Å². The number of sulfonamides is 1. The third-order valence-corrected chi connectivity index (χ3v) is 9.96. The molecule has 4 rings (SSSR count). The second-order valence-electron chi connectivity index (χ2n) is 14.3. The van der Waals surface area contributed by atoms with Gasteiger partial charge in [0.25, 0.3) is 0 Å². The highest BCUT2D eigenvalue weighted by Gasteiger charge is 2.43. The molecule has 256 valence electrons. The summed E-state index contributed by atoms with van der Waals surface area (Å²) in [5, 5.41) is 14.0. The minimum Gasteiger partial charge on any atom is -0.465 e. The lowest BCUT2D eigenvalue weighted by Gasteiger charge is -2.47. The maximum atomic E-state index is 12.9. The number of hydrogen-bond donors (Lipinski definition) is 2. The van der Waals surface area contributed by atoms with Crippen LogP contribution < -0.4 is 9.62 Å².